The van der Waals surface area contributed by atoms with Gasteiger partial charge in [0.2, 0.25) is 5.88 Å². The van der Waals surface area contributed by atoms with Gasteiger partial charge in [0.15, 0.2) is 0 Å². The molecule has 0 aromatic carbocycles. The summed E-state index contributed by atoms with van der Waals surface area (Å²) in [4.78, 5) is 6.61. The molecular formula is C17H21N5O. The van der Waals surface area contributed by atoms with Crippen molar-refractivity contribution in [3.63, 3.8) is 0 Å². The van der Waals surface area contributed by atoms with Gasteiger partial charge in [-0.3, -0.25) is 4.68 Å². The van der Waals surface area contributed by atoms with Crippen LogP contribution in [0.15, 0.2) is 36.8 Å². The quantitative estimate of drug-likeness (QED) is 0.815. The molecule has 1 aliphatic heterocycles. The second-order valence-corrected chi connectivity index (χ2v) is 5.83. The van der Waals surface area contributed by atoms with Crippen LogP contribution in [-0.2, 0) is 6.54 Å². The second kappa shape index (κ2) is 7.75. The topological polar surface area (TPSA) is 67.0 Å². The smallest absolute Gasteiger partial charge is 0.231 e. The van der Waals surface area contributed by atoms with E-state index in [0.717, 1.165) is 39.0 Å². The van der Waals surface area contributed by atoms with Crippen LogP contribution in [0.1, 0.15) is 18.4 Å². The summed E-state index contributed by atoms with van der Waals surface area (Å²) in [5.41, 5.74) is 0.504. The fraction of sp³-hybridized carbons (Fsp3) is 0.471. The molecule has 0 saturated carbocycles. The fourth-order valence-electron chi connectivity index (χ4n) is 2.84. The minimum absolute atomic E-state index is 0.455. The highest BCUT2D eigenvalue weighted by Crippen LogP contribution is 2.20. The monoisotopic (exact) mass is 311 g/mol. The Labute approximate surface area is 136 Å². The van der Waals surface area contributed by atoms with Crippen molar-refractivity contribution < 1.29 is 4.74 Å². The van der Waals surface area contributed by atoms with E-state index in [-0.39, 0.29) is 0 Å². The number of hydrogen-bond donors (Lipinski definition) is 0. The number of pyridine rings is 1. The fourth-order valence-corrected chi connectivity index (χ4v) is 2.84. The summed E-state index contributed by atoms with van der Waals surface area (Å²) >= 11 is 0. The first-order chi connectivity index (χ1) is 11.3. The van der Waals surface area contributed by atoms with Crippen molar-refractivity contribution in [1.82, 2.24) is 19.7 Å². The number of nitrogens with zero attached hydrogens (tertiary/aromatic N) is 5. The molecule has 2 aromatic rings. The van der Waals surface area contributed by atoms with Crippen LogP contribution in [0.4, 0.5) is 0 Å². The van der Waals surface area contributed by atoms with Crippen LogP contribution in [0.5, 0.6) is 5.88 Å². The van der Waals surface area contributed by atoms with E-state index in [9.17, 15) is 0 Å². The number of ether oxygens (including phenoxy) is 1. The lowest BCUT2D eigenvalue weighted by Crippen LogP contribution is -2.37. The van der Waals surface area contributed by atoms with E-state index < -0.39 is 0 Å². The lowest BCUT2D eigenvalue weighted by molar-refractivity contribution is 0.135. The summed E-state index contributed by atoms with van der Waals surface area (Å²) in [6.07, 6.45) is 7.71. The molecule has 3 heterocycles. The average Bonchev–Trinajstić information content (AvgIpc) is 3.13. The molecule has 0 atom stereocenters. The molecule has 0 unspecified atom stereocenters. The zero-order valence-electron chi connectivity index (χ0n) is 13.1. The summed E-state index contributed by atoms with van der Waals surface area (Å²) in [5, 5.41) is 13.3. The SMILES string of the molecule is N#Cc1cccnc1OCC1CCN(CCn2cccn2)CC1. The number of likely N-dealkylation sites (tertiary alicyclic amines) is 1. The van der Waals surface area contributed by atoms with Crippen molar-refractivity contribution in [3.8, 4) is 11.9 Å². The lowest BCUT2D eigenvalue weighted by Gasteiger charge is -2.31. The highest BCUT2D eigenvalue weighted by molar-refractivity contribution is 5.36. The highest BCUT2D eigenvalue weighted by Gasteiger charge is 2.20. The molecule has 6 nitrogen and oxygen atoms in total. The molecule has 6 heteroatoms. The number of nitriles is 1. The van der Waals surface area contributed by atoms with Crippen molar-refractivity contribution in [2.24, 2.45) is 5.92 Å². The van der Waals surface area contributed by atoms with Gasteiger partial charge in [-0.05, 0) is 50.0 Å². The minimum Gasteiger partial charge on any atom is -0.476 e. The zero-order chi connectivity index (χ0) is 15.9. The predicted octanol–water partition coefficient (Wildman–Crippen LogP) is 1.94. The van der Waals surface area contributed by atoms with Gasteiger partial charge in [0.1, 0.15) is 11.6 Å². The maximum absolute atomic E-state index is 9.04. The van der Waals surface area contributed by atoms with Gasteiger partial charge in [0.25, 0.3) is 0 Å². The molecule has 0 aliphatic carbocycles. The van der Waals surface area contributed by atoms with E-state index in [4.69, 9.17) is 10.00 Å². The minimum atomic E-state index is 0.455. The van der Waals surface area contributed by atoms with E-state index in [1.54, 1.807) is 18.3 Å². The largest absolute Gasteiger partial charge is 0.476 e. The first-order valence-electron chi connectivity index (χ1n) is 8.03. The number of aromatic nitrogens is 3. The van der Waals surface area contributed by atoms with Gasteiger partial charge in [-0.2, -0.15) is 10.4 Å². The Kier molecular flexibility index (Phi) is 5.22. The standard InChI is InChI=1S/C17H21N5O/c18-13-16-3-1-6-19-17(16)23-14-15-4-9-21(10-5-15)11-12-22-8-2-7-20-22/h1-3,6-8,15H,4-5,9-12,14H2. The van der Waals surface area contributed by atoms with Crippen molar-refractivity contribution in [2.45, 2.75) is 19.4 Å². The molecule has 2 aromatic heterocycles. The lowest BCUT2D eigenvalue weighted by atomic mass is 9.98. The number of hydrogen-bond acceptors (Lipinski definition) is 5. The molecule has 1 fully saturated rings. The molecule has 1 aliphatic rings. The van der Waals surface area contributed by atoms with E-state index in [1.165, 1.54) is 0 Å². The van der Waals surface area contributed by atoms with Gasteiger partial charge in [-0.25, -0.2) is 4.98 Å². The van der Waals surface area contributed by atoms with Crippen molar-refractivity contribution in [3.05, 3.63) is 42.4 Å². The Balaban J connectivity index is 1.40. The summed E-state index contributed by atoms with van der Waals surface area (Å²) in [7, 11) is 0. The normalized spacial score (nSPS) is 16.1. The summed E-state index contributed by atoms with van der Waals surface area (Å²) in [6, 6.07) is 7.56. The summed E-state index contributed by atoms with van der Waals surface area (Å²) in [6.45, 7) is 4.78. The average molecular weight is 311 g/mol. The zero-order valence-corrected chi connectivity index (χ0v) is 13.1. The predicted molar refractivity (Wildman–Crippen MR) is 85.8 cm³/mol. The molecule has 23 heavy (non-hydrogen) atoms. The Morgan fingerprint density at radius 2 is 2.09 bits per heavy atom. The summed E-state index contributed by atoms with van der Waals surface area (Å²) < 4.78 is 7.73. The first-order valence-corrected chi connectivity index (χ1v) is 8.03. The maximum Gasteiger partial charge on any atom is 0.231 e. The molecule has 1 saturated heterocycles. The Morgan fingerprint density at radius 3 is 2.83 bits per heavy atom. The van der Waals surface area contributed by atoms with Gasteiger partial charge >= 0.3 is 0 Å². The van der Waals surface area contributed by atoms with E-state index in [2.05, 4.69) is 21.1 Å². The third-order valence-electron chi connectivity index (χ3n) is 4.26. The van der Waals surface area contributed by atoms with Crippen LogP contribution in [0, 0.1) is 17.2 Å². The maximum atomic E-state index is 9.04. The van der Waals surface area contributed by atoms with Crippen molar-refractivity contribution in [1.29, 1.82) is 5.26 Å². The Morgan fingerprint density at radius 1 is 1.22 bits per heavy atom. The van der Waals surface area contributed by atoms with E-state index in [1.807, 2.05) is 23.1 Å². The van der Waals surface area contributed by atoms with Crippen LogP contribution >= 0.6 is 0 Å². The van der Waals surface area contributed by atoms with Gasteiger partial charge in [-0.15, -0.1) is 0 Å². The van der Waals surface area contributed by atoms with Crippen LogP contribution < -0.4 is 4.74 Å². The molecular weight excluding hydrogens is 290 g/mol. The van der Waals surface area contributed by atoms with E-state index >= 15 is 0 Å². The molecule has 0 radical (unpaired) electrons. The Hall–Kier alpha value is -2.39. The van der Waals surface area contributed by atoms with Crippen LogP contribution in [0.25, 0.3) is 0 Å². The van der Waals surface area contributed by atoms with Crippen LogP contribution in [0.3, 0.4) is 0 Å². The third-order valence-corrected chi connectivity index (χ3v) is 4.26. The second-order valence-electron chi connectivity index (χ2n) is 5.83. The molecule has 0 bridgehead atoms. The molecule has 0 spiro atoms. The highest BCUT2D eigenvalue weighted by atomic mass is 16.5. The van der Waals surface area contributed by atoms with Crippen LogP contribution in [0.2, 0.25) is 0 Å². The Bertz CT molecular complexity index is 641. The molecule has 0 N–H and O–H groups in total. The molecule has 120 valence electrons. The van der Waals surface area contributed by atoms with Crippen LogP contribution in [-0.4, -0.2) is 45.9 Å². The number of piperidine rings is 1. The van der Waals surface area contributed by atoms with Gasteiger partial charge in [-0.1, -0.05) is 0 Å². The van der Waals surface area contributed by atoms with Crippen molar-refractivity contribution >= 4 is 0 Å². The summed E-state index contributed by atoms with van der Waals surface area (Å²) in [5.74, 6) is 0.987. The third kappa shape index (κ3) is 4.30. The molecule has 0 amide bonds. The first kappa shape index (κ1) is 15.5. The van der Waals surface area contributed by atoms with Gasteiger partial charge in [0.05, 0.1) is 13.2 Å². The van der Waals surface area contributed by atoms with Gasteiger partial charge < -0.3 is 9.64 Å². The van der Waals surface area contributed by atoms with Crippen molar-refractivity contribution in [2.75, 3.05) is 26.2 Å². The van der Waals surface area contributed by atoms with Gasteiger partial charge in [0, 0.05) is 25.1 Å². The van der Waals surface area contributed by atoms with E-state index in [0.29, 0.717) is 24.0 Å². The molecule has 3 rings (SSSR count). The number of rotatable bonds is 6.